The second-order valence-corrected chi connectivity index (χ2v) is 9.71. The maximum absolute atomic E-state index is 6.37. The summed E-state index contributed by atoms with van der Waals surface area (Å²) < 4.78 is 8.42. The van der Waals surface area contributed by atoms with Crippen LogP contribution in [0.3, 0.4) is 0 Å². The van der Waals surface area contributed by atoms with E-state index in [4.69, 9.17) is 10.5 Å². The number of nitrogen functional groups attached to an aromatic ring is 1. The quantitative estimate of drug-likeness (QED) is 0.411. The number of rotatable bonds is 7. The molecule has 6 heteroatoms. The van der Waals surface area contributed by atoms with Crippen molar-refractivity contribution in [3.63, 3.8) is 0 Å². The van der Waals surface area contributed by atoms with Gasteiger partial charge in [0.1, 0.15) is 30.1 Å². The Morgan fingerprint density at radius 2 is 1.79 bits per heavy atom. The van der Waals surface area contributed by atoms with E-state index in [1.165, 1.54) is 45.3 Å². The molecule has 1 saturated carbocycles. The molecule has 2 N–H and O–H groups in total. The highest BCUT2D eigenvalue weighted by molar-refractivity contribution is 6.00. The highest BCUT2D eigenvalue weighted by Gasteiger charge is 2.34. The fourth-order valence-electron chi connectivity index (χ4n) is 5.51. The lowest BCUT2D eigenvalue weighted by molar-refractivity contribution is 0.145. The highest BCUT2D eigenvalue weighted by Crippen LogP contribution is 2.43. The lowest BCUT2D eigenvalue weighted by Gasteiger charge is -2.38. The minimum atomic E-state index is 0.468. The number of benzene rings is 2. The molecule has 6 rings (SSSR count). The number of hydrogen-bond donors (Lipinski definition) is 1. The molecule has 2 aromatic carbocycles. The number of fused-ring (bicyclic) bond motifs is 1. The molecule has 2 fully saturated rings. The Kier molecular flexibility index (Phi) is 5.67. The molecule has 1 aliphatic carbocycles. The first-order chi connectivity index (χ1) is 16.7. The van der Waals surface area contributed by atoms with Gasteiger partial charge in [0, 0.05) is 24.3 Å². The standard InChI is InChI=1S/C28H31N5O/c29-27-26-25(22-9-6-10-24(15-22)34-18-20-7-2-1-3-8-20)17-33(28(26)31-19-30-27)23-13-21(14-23)16-32-11-4-5-12-32/h1-3,6-10,15,17,19,21,23H,4-5,11-14,16,18H2,(H2,29,30,31)/t21-,23+. The fraction of sp³-hybridized carbons (Fsp3) is 0.357. The Labute approximate surface area is 200 Å². The van der Waals surface area contributed by atoms with Gasteiger partial charge in [-0.15, -0.1) is 0 Å². The van der Waals surface area contributed by atoms with Gasteiger partial charge in [-0.05, 0) is 68.0 Å². The summed E-state index contributed by atoms with van der Waals surface area (Å²) in [6, 6.07) is 18.9. The lowest BCUT2D eigenvalue weighted by atomic mass is 9.79. The van der Waals surface area contributed by atoms with Crippen molar-refractivity contribution >= 4 is 16.9 Å². The van der Waals surface area contributed by atoms with Gasteiger partial charge in [0.05, 0.1) is 5.39 Å². The molecule has 2 aromatic heterocycles. The summed E-state index contributed by atoms with van der Waals surface area (Å²) in [6.45, 7) is 4.31. The van der Waals surface area contributed by atoms with Crippen LogP contribution in [0, 0.1) is 5.92 Å². The fourth-order valence-corrected chi connectivity index (χ4v) is 5.51. The number of aromatic nitrogens is 3. The van der Waals surface area contributed by atoms with E-state index >= 15 is 0 Å². The van der Waals surface area contributed by atoms with E-state index in [0.717, 1.165) is 39.4 Å². The summed E-state index contributed by atoms with van der Waals surface area (Å²) in [6.07, 6.45) is 8.91. The predicted octanol–water partition coefficient (Wildman–Crippen LogP) is 5.31. The Balaban J connectivity index is 1.25. The summed E-state index contributed by atoms with van der Waals surface area (Å²) >= 11 is 0. The van der Waals surface area contributed by atoms with Crippen molar-refractivity contribution in [1.29, 1.82) is 0 Å². The van der Waals surface area contributed by atoms with Crippen LogP contribution < -0.4 is 10.5 Å². The van der Waals surface area contributed by atoms with Gasteiger partial charge >= 0.3 is 0 Å². The molecule has 6 nitrogen and oxygen atoms in total. The smallest absolute Gasteiger partial charge is 0.146 e. The van der Waals surface area contributed by atoms with Gasteiger partial charge in [0.15, 0.2) is 0 Å². The van der Waals surface area contributed by atoms with Crippen molar-refractivity contribution < 1.29 is 4.74 Å². The number of nitrogens with zero attached hydrogens (tertiary/aromatic N) is 4. The first-order valence-electron chi connectivity index (χ1n) is 12.3. The van der Waals surface area contributed by atoms with Crippen LogP contribution >= 0.6 is 0 Å². The maximum Gasteiger partial charge on any atom is 0.146 e. The van der Waals surface area contributed by atoms with Gasteiger partial charge in [-0.25, -0.2) is 9.97 Å². The second kappa shape index (κ2) is 9.11. The van der Waals surface area contributed by atoms with E-state index in [1.54, 1.807) is 6.33 Å². The van der Waals surface area contributed by atoms with E-state index in [1.807, 2.05) is 30.3 Å². The van der Waals surface area contributed by atoms with Gasteiger partial charge in [0.25, 0.3) is 0 Å². The second-order valence-electron chi connectivity index (χ2n) is 9.71. The summed E-state index contributed by atoms with van der Waals surface area (Å²) in [5.74, 6) is 2.15. The van der Waals surface area contributed by atoms with Crippen LogP contribution in [0.25, 0.3) is 22.2 Å². The van der Waals surface area contributed by atoms with Crippen molar-refractivity contribution in [3.05, 3.63) is 72.7 Å². The number of ether oxygens (including phenoxy) is 1. The Bertz CT molecular complexity index is 1270. The van der Waals surface area contributed by atoms with Gasteiger partial charge < -0.3 is 19.9 Å². The minimum absolute atomic E-state index is 0.468. The Morgan fingerprint density at radius 1 is 0.971 bits per heavy atom. The van der Waals surface area contributed by atoms with Crippen molar-refractivity contribution in [3.8, 4) is 16.9 Å². The van der Waals surface area contributed by atoms with Crippen LogP contribution in [0.5, 0.6) is 5.75 Å². The average molecular weight is 454 g/mol. The molecule has 2 aliphatic rings. The van der Waals surface area contributed by atoms with Crippen LogP contribution in [0.15, 0.2) is 67.1 Å². The molecule has 0 bridgehead atoms. The zero-order valence-electron chi connectivity index (χ0n) is 19.4. The third kappa shape index (κ3) is 4.14. The van der Waals surface area contributed by atoms with E-state index in [-0.39, 0.29) is 0 Å². The van der Waals surface area contributed by atoms with Gasteiger partial charge in [-0.2, -0.15) is 0 Å². The maximum atomic E-state index is 6.37. The zero-order chi connectivity index (χ0) is 22.9. The molecule has 34 heavy (non-hydrogen) atoms. The molecule has 1 aliphatic heterocycles. The molecule has 3 heterocycles. The average Bonchev–Trinajstić information content (AvgIpc) is 3.49. The largest absolute Gasteiger partial charge is 0.489 e. The topological polar surface area (TPSA) is 69.2 Å². The SMILES string of the molecule is Nc1ncnc2c1c(-c1cccc(OCc3ccccc3)c1)cn2[C@H]1C[C@@H](CN2CCCC2)C1. The molecule has 174 valence electrons. The highest BCUT2D eigenvalue weighted by atomic mass is 16.5. The van der Waals surface area contributed by atoms with Crippen LogP contribution in [0.2, 0.25) is 0 Å². The monoisotopic (exact) mass is 453 g/mol. The molecule has 4 aromatic rings. The third-order valence-electron chi connectivity index (χ3n) is 7.35. The summed E-state index contributed by atoms with van der Waals surface area (Å²) in [5, 5.41) is 0.936. The van der Waals surface area contributed by atoms with E-state index in [0.29, 0.717) is 18.5 Å². The van der Waals surface area contributed by atoms with Crippen LogP contribution in [-0.4, -0.2) is 39.1 Å². The molecule has 0 unspecified atom stereocenters. The molecule has 0 radical (unpaired) electrons. The third-order valence-corrected chi connectivity index (χ3v) is 7.35. The van der Waals surface area contributed by atoms with Crippen molar-refractivity contribution in [1.82, 2.24) is 19.4 Å². The van der Waals surface area contributed by atoms with Gasteiger partial charge in [-0.3, -0.25) is 0 Å². The molecular weight excluding hydrogens is 422 g/mol. The van der Waals surface area contributed by atoms with Gasteiger partial charge in [-0.1, -0.05) is 42.5 Å². The van der Waals surface area contributed by atoms with E-state index < -0.39 is 0 Å². The summed E-state index contributed by atoms with van der Waals surface area (Å²) in [5.41, 5.74) is 10.6. The molecule has 0 spiro atoms. The van der Waals surface area contributed by atoms with Crippen molar-refractivity contribution in [2.45, 2.75) is 38.3 Å². The number of nitrogens with two attached hydrogens (primary N) is 1. The normalized spacial score (nSPS) is 20.5. The molecule has 0 amide bonds. The van der Waals surface area contributed by atoms with Crippen LogP contribution in [-0.2, 0) is 6.61 Å². The molecular formula is C28H31N5O. The van der Waals surface area contributed by atoms with Crippen molar-refractivity contribution in [2.75, 3.05) is 25.4 Å². The first-order valence-corrected chi connectivity index (χ1v) is 12.3. The Hall–Kier alpha value is -3.38. The van der Waals surface area contributed by atoms with Gasteiger partial charge in [0.2, 0.25) is 0 Å². The van der Waals surface area contributed by atoms with Crippen LogP contribution in [0.4, 0.5) is 5.82 Å². The Morgan fingerprint density at radius 3 is 2.62 bits per heavy atom. The van der Waals surface area contributed by atoms with Crippen LogP contribution in [0.1, 0.15) is 37.3 Å². The van der Waals surface area contributed by atoms with E-state index in [9.17, 15) is 0 Å². The first kappa shape index (κ1) is 21.2. The number of anilines is 1. The number of hydrogen-bond acceptors (Lipinski definition) is 5. The summed E-state index contributed by atoms with van der Waals surface area (Å²) in [4.78, 5) is 11.6. The number of likely N-dealkylation sites (tertiary alicyclic amines) is 1. The lowest BCUT2D eigenvalue weighted by Crippen LogP contribution is -2.35. The van der Waals surface area contributed by atoms with E-state index in [2.05, 4.69) is 49.9 Å². The minimum Gasteiger partial charge on any atom is -0.489 e. The summed E-state index contributed by atoms with van der Waals surface area (Å²) in [7, 11) is 0. The predicted molar refractivity (Wildman–Crippen MR) is 136 cm³/mol. The molecule has 0 atom stereocenters. The van der Waals surface area contributed by atoms with Crippen molar-refractivity contribution in [2.24, 2.45) is 5.92 Å². The molecule has 1 saturated heterocycles. The zero-order valence-corrected chi connectivity index (χ0v) is 19.4.